The summed E-state index contributed by atoms with van der Waals surface area (Å²) in [4.78, 5) is 23.2. The summed E-state index contributed by atoms with van der Waals surface area (Å²) in [6, 6.07) is 4.19. The average molecular weight is 295 g/mol. The van der Waals surface area contributed by atoms with Crippen LogP contribution in [0.4, 0.5) is 4.39 Å². The van der Waals surface area contributed by atoms with E-state index in [0.717, 1.165) is 0 Å². The maximum atomic E-state index is 13.5. The summed E-state index contributed by atoms with van der Waals surface area (Å²) in [6.45, 7) is 5.22. The molecule has 0 aromatic heterocycles. The number of amides is 1. The van der Waals surface area contributed by atoms with Crippen molar-refractivity contribution in [1.82, 2.24) is 5.32 Å². The average Bonchev–Trinajstić information content (AvgIpc) is 2.44. The second-order valence-corrected chi connectivity index (χ2v) is 4.31. The van der Waals surface area contributed by atoms with Gasteiger partial charge in [-0.25, -0.2) is 4.39 Å². The van der Waals surface area contributed by atoms with Crippen LogP contribution in [0.2, 0.25) is 0 Å². The first kappa shape index (κ1) is 16.7. The number of hydrogen-bond acceptors (Lipinski definition) is 4. The lowest BCUT2D eigenvalue weighted by atomic mass is 10.1. The smallest absolute Gasteiger partial charge is 0.311 e. The molecule has 0 spiro atoms. The molecule has 21 heavy (non-hydrogen) atoms. The number of ether oxygens (including phenoxy) is 2. The van der Waals surface area contributed by atoms with Crippen LogP contribution < -0.4 is 10.1 Å². The Kier molecular flexibility index (Phi) is 6.39. The Hall–Kier alpha value is -2.37. The number of carbonyl (C=O) groups excluding carboxylic acids is 2. The van der Waals surface area contributed by atoms with Crippen LogP contribution in [0.15, 0.2) is 30.9 Å². The Morgan fingerprint density at radius 1 is 1.48 bits per heavy atom. The maximum Gasteiger partial charge on any atom is 0.311 e. The number of methoxy groups -OCH3 is 1. The third-order valence-electron chi connectivity index (χ3n) is 2.66. The molecule has 5 nitrogen and oxygen atoms in total. The molecule has 0 saturated carbocycles. The number of halogens is 1. The molecule has 114 valence electrons. The number of nitrogens with one attached hydrogen (secondary N) is 1. The molecule has 0 fully saturated rings. The fourth-order valence-electron chi connectivity index (χ4n) is 1.60. The number of carbonyl (C=O) groups is 2. The van der Waals surface area contributed by atoms with Gasteiger partial charge in [0.25, 0.3) is 5.91 Å². The molecule has 0 saturated heterocycles. The van der Waals surface area contributed by atoms with Crippen LogP contribution >= 0.6 is 0 Å². The van der Waals surface area contributed by atoms with Gasteiger partial charge in [-0.2, -0.15) is 0 Å². The predicted octanol–water partition coefficient (Wildman–Crippen LogP) is 1.61. The minimum absolute atomic E-state index is 0.101. The molecule has 1 aromatic rings. The van der Waals surface area contributed by atoms with Gasteiger partial charge < -0.3 is 14.8 Å². The third kappa shape index (κ3) is 5.25. The second kappa shape index (κ2) is 8.04. The van der Waals surface area contributed by atoms with E-state index in [1.165, 1.54) is 32.2 Å². The van der Waals surface area contributed by atoms with Gasteiger partial charge in [0, 0.05) is 6.54 Å². The highest BCUT2D eigenvalue weighted by atomic mass is 19.1. The first-order chi connectivity index (χ1) is 9.97. The number of rotatable bonds is 7. The SMILES string of the molecule is C=CCNC(=O)[C@H](C)OC(=O)Cc1ccc(OC)c(F)c1. The first-order valence-electron chi connectivity index (χ1n) is 6.38. The van der Waals surface area contributed by atoms with Crippen molar-refractivity contribution in [2.24, 2.45) is 0 Å². The van der Waals surface area contributed by atoms with Crippen molar-refractivity contribution in [3.05, 3.63) is 42.2 Å². The van der Waals surface area contributed by atoms with E-state index >= 15 is 0 Å². The number of esters is 1. The van der Waals surface area contributed by atoms with Crippen LogP contribution in [0.5, 0.6) is 5.75 Å². The van der Waals surface area contributed by atoms with E-state index in [-0.39, 0.29) is 12.2 Å². The van der Waals surface area contributed by atoms with Crippen molar-refractivity contribution < 1.29 is 23.5 Å². The topological polar surface area (TPSA) is 64.6 Å². The minimum Gasteiger partial charge on any atom is -0.494 e. The lowest BCUT2D eigenvalue weighted by Gasteiger charge is -2.13. The zero-order chi connectivity index (χ0) is 15.8. The molecule has 1 amide bonds. The van der Waals surface area contributed by atoms with Crippen LogP contribution in [-0.4, -0.2) is 31.6 Å². The summed E-state index contributed by atoms with van der Waals surface area (Å²) < 4.78 is 23.2. The molecular weight excluding hydrogens is 277 g/mol. The Balaban J connectivity index is 2.55. The molecule has 0 bridgehead atoms. The van der Waals surface area contributed by atoms with Gasteiger partial charge in [-0.1, -0.05) is 12.1 Å². The molecule has 0 aliphatic rings. The summed E-state index contributed by atoms with van der Waals surface area (Å²) in [5.41, 5.74) is 0.442. The monoisotopic (exact) mass is 295 g/mol. The van der Waals surface area contributed by atoms with Crippen molar-refractivity contribution >= 4 is 11.9 Å². The zero-order valence-corrected chi connectivity index (χ0v) is 12.0. The molecule has 0 aliphatic carbocycles. The maximum absolute atomic E-state index is 13.5. The van der Waals surface area contributed by atoms with Gasteiger partial charge in [0.15, 0.2) is 17.7 Å². The van der Waals surface area contributed by atoms with E-state index in [4.69, 9.17) is 9.47 Å². The van der Waals surface area contributed by atoms with Gasteiger partial charge in [-0.05, 0) is 24.6 Å². The molecule has 0 heterocycles. The molecular formula is C15H18FNO4. The van der Waals surface area contributed by atoms with Crippen molar-refractivity contribution in [2.45, 2.75) is 19.4 Å². The molecule has 1 rings (SSSR count). The van der Waals surface area contributed by atoms with Gasteiger partial charge >= 0.3 is 5.97 Å². The predicted molar refractivity (Wildman–Crippen MR) is 75.4 cm³/mol. The lowest BCUT2D eigenvalue weighted by Crippen LogP contribution is -2.36. The zero-order valence-electron chi connectivity index (χ0n) is 12.0. The van der Waals surface area contributed by atoms with Crippen molar-refractivity contribution in [2.75, 3.05) is 13.7 Å². The highest BCUT2D eigenvalue weighted by Crippen LogP contribution is 2.18. The van der Waals surface area contributed by atoms with Crippen LogP contribution in [0, 0.1) is 5.82 Å². The summed E-state index contributed by atoms with van der Waals surface area (Å²) >= 11 is 0. The summed E-state index contributed by atoms with van der Waals surface area (Å²) in [6.07, 6.45) is 0.479. The van der Waals surface area contributed by atoms with E-state index in [1.807, 2.05) is 0 Å². The fourth-order valence-corrected chi connectivity index (χ4v) is 1.60. The molecule has 1 atom stereocenters. The van der Waals surface area contributed by atoms with E-state index < -0.39 is 23.8 Å². The Labute approximate surface area is 122 Å². The molecule has 0 aliphatic heterocycles. The fraction of sp³-hybridized carbons (Fsp3) is 0.333. The molecule has 6 heteroatoms. The molecule has 1 N–H and O–H groups in total. The van der Waals surface area contributed by atoms with E-state index in [0.29, 0.717) is 12.1 Å². The minimum atomic E-state index is -0.916. The number of benzene rings is 1. The Morgan fingerprint density at radius 2 is 2.19 bits per heavy atom. The second-order valence-electron chi connectivity index (χ2n) is 4.31. The van der Waals surface area contributed by atoms with Crippen LogP contribution in [-0.2, 0) is 20.7 Å². The van der Waals surface area contributed by atoms with Gasteiger partial charge in [0.2, 0.25) is 0 Å². The molecule has 1 aromatic carbocycles. The van der Waals surface area contributed by atoms with E-state index in [9.17, 15) is 14.0 Å². The van der Waals surface area contributed by atoms with Crippen LogP contribution in [0.3, 0.4) is 0 Å². The summed E-state index contributed by atoms with van der Waals surface area (Å²) in [5, 5.41) is 2.51. The Bertz CT molecular complexity index is 530. The highest BCUT2D eigenvalue weighted by Gasteiger charge is 2.17. The normalized spacial score (nSPS) is 11.4. The van der Waals surface area contributed by atoms with Gasteiger partial charge in [-0.3, -0.25) is 9.59 Å². The Morgan fingerprint density at radius 3 is 2.76 bits per heavy atom. The number of hydrogen-bond donors (Lipinski definition) is 1. The van der Waals surface area contributed by atoms with Crippen molar-refractivity contribution in [1.29, 1.82) is 0 Å². The quantitative estimate of drug-likeness (QED) is 0.613. The molecule has 0 unspecified atom stereocenters. The van der Waals surface area contributed by atoms with E-state index in [1.54, 1.807) is 6.07 Å². The first-order valence-corrected chi connectivity index (χ1v) is 6.38. The third-order valence-corrected chi connectivity index (χ3v) is 2.66. The van der Waals surface area contributed by atoms with Gasteiger partial charge in [-0.15, -0.1) is 6.58 Å². The van der Waals surface area contributed by atoms with Crippen LogP contribution in [0.25, 0.3) is 0 Å². The lowest BCUT2D eigenvalue weighted by molar-refractivity contribution is -0.154. The van der Waals surface area contributed by atoms with Gasteiger partial charge in [0.05, 0.1) is 13.5 Å². The van der Waals surface area contributed by atoms with E-state index in [2.05, 4.69) is 11.9 Å². The van der Waals surface area contributed by atoms with Crippen molar-refractivity contribution in [3.63, 3.8) is 0 Å². The molecule has 0 radical (unpaired) electrons. The van der Waals surface area contributed by atoms with Gasteiger partial charge in [0.1, 0.15) is 0 Å². The standard InChI is InChI=1S/C15H18FNO4/c1-4-7-17-15(19)10(2)21-14(18)9-11-5-6-13(20-3)12(16)8-11/h4-6,8,10H,1,7,9H2,2-3H3,(H,17,19)/t10-/m0/s1. The largest absolute Gasteiger partial charge is 0.494 e. The summed E-state index contributed by atoms with van der Waals surface area (Å²) in [5.74, 6) is -1.48. The van der Waals surface area contributed by atoms with Crippen LogP contribution in [0.1, 0.15) is 12.5 Å². The highest BCUT2D eigenvalue weighted by molar-refractivity contribution is 5.83. The van der Waals surface area contributed by atoms with Crippen molar-refractivity contribution in [3.8, 4) is 5.75 Å². The summed E-state index contributed by atoms with van der Waals surface area (Å²) in [7, 11) is 1.36.